The van der Waals surface area contributed by atoms with Crippen LogP contribution in [0, 0.1) is 11.7 Å². The van der Waals surface area contributed by atoms with Gasteiger partial charge < -0.3 is 20.1 Å². The van der Waals surface area contributed by atoms with E-state index in [1.807, 2.05) is 0 Å². The zero-order chi connectivity index (χ0) is 17.1. The Hall–Kier alpha value is -2.31. The smallest absolute Gasteiger partial charge is 0.321 e. The summed E-state index contributed by atoms with van der Waals surface area (Å²) < 4.78 is 19.6. The van der Waals surface area contributed by atoms with Gasteiger partial charge in [-0.3, -0.25) is 4.79 Å². The Morgan fingerprint density at radius 3 is 2.46 bits per heavy atom. The molecule has 2 amide bonds. The summed E-state index contributed by atoms with van der Waals surface area (Å²) in [4.78, 5) is 24.7. The zero-order valence-corrected chi connectivity index (χ0v) is 13.3. The van der Waals surface area contributed by atoms with Gasteiger partial charge in [0.2, 0.25) is 0 Å². The van der Waals surface area contributed by atoms with Crippen molar-refractivity contribution < 1.29 is 23.8 Å². The van der Waals surface area contributed by atoms with Gasteiger partial charge in [0.05, 0.1) is 12.0 Å². The molecule has 7 heteroatoms. The molecule has 1 heterocycles. The van der Waals surface area contributed by atoms with Crippen LogP contribution in [0.15, 0.2) is 18.2 Å². The van der Waals surface area contributed by atoms with Crippen molar-refractivity contribution in [3.05, 3.63) is 24.0 Å². The van der Waals surface area contributed by atoms with E-state index in [9.17, 15) is 14.0 Å². The molecule has 6 nitrogen and oxygen atoms in total. The first-order valence-corrected chi connectivity index (χ1v) is 8.28. The summed E-state index contributed by atoms with van der Waals surface area (Å²) in [5.74, 6) is -1.50. The number of halogens is 1. The number of nitrogens with zero attached hydrogens (tertiary/aromatic N) is 1. The maximum absolute atomic E-state index is 14.0. The minimum Gasteiger partial charge on any atom is -0.487 e. The maximum Gasteiger partial charge on any atom is 0.321 e. The number of nitrogens with one attached hydrogen (secondary N) is 1. The molecule has 24 heavy (non-hydrogen) atoms. The molecule has 0 atom stereocenters. The molecule has 1 saturated carbocycles. The molecular weight excluding hydrogens is 315 g/mol. The molecule has 1 aromatic rings. The van der Waals surface area contributed by atoms with E-state index in [-0.39, 0.29) is 17.9 Å². The van der Waals surface area contributed by atoms with Gasteiger partial charge in [0.25, 0.3) is 0 Å². The van der Waals surface area contributed by atoms with E-state index in [0.29, 0.717) is 31.6 Å². The number of carbonyl (C=O) groups is 2. The van der Waals surface area contributed by atoms with Gasteiger partial charge in [0.15, 0.2) is 11.6 Å². The first kappa shape index (κ1) is 16.5. The quantitative estimate of drug-likeness (QED) is 0.885. The topological polar surface area (TPSA) is 78.9 Å². The zero-order valence-electron chi connectivity index (χ0n) is 13.3. The highest BCUT2D eigenvalue weighted by Crippen LogP contribution is 2.28. The molecule has 3 rings (SSSR count). The minimum absolute atomic E-state index is 0.0930. The number of carboxylic acids is 1. The van der Waals surface area contributed by atoms with Gasteiger partial charge in [0.1, 0.15) is 0 Å². The van der Waals surface area contributed by atoms with Crippen LogP contribution in [0.5, 0.6) is 5.75 Å². The first-order chi connectivity index (χ1) is 11.5. The average molecular weight is 336 g/mol. The minimum atomic E-state index is -0.820. The molecule has 0 spiro atoms. The van der Waals surface area contributed by atoms with Crippen LogP contribution in [-0.2, 0) is 4.79 Å². The third-order valence-electron chi connectivity index (χ3n) is 4.66. The van der Waals surface area contributed by atoms with Gasteiger partial charge in [0, 0.05) is 24.8 Å². The van der Waals surface area contributed by atoms with Gasteiger partial charge >= 0.3 is 12.0 Å². The second-order valence-corrected chi connectivity index (χ2v) is 6.35. The Labute approximate surface area is 139 Å². The fourth-order valence-electron chi connectivity index (χ4n) is 2.87. The van der Waals surface area contributed by atoms with Crippen molar-refractivity contribution in [2.75, 3.05) is 18.4 Å². The Morgan fingerprint density at radius 2 is 1.92 bits per heavy atom. The van der Waals surface area contributed by atoms with Crippen LogP contribution < -0.4 is 10.1 Å². The molecule has 2 N–H and O–H groups in total. The predicted molar refractivity (Wildman–Crippen MR) is 85.6 cm³/mol. The van der Waals surface area contributed by atoms with E-state index >= 15 is 0 Å². The fraction of sp³-hybridized carbons (Fsp3) is 0.529. The summed E-state index contributed by atoms with van der Waals surface area (Å²) in [7, 11) is 0. The van der Waals surface area contributed by atoms with Gasteiger partial charge in [-0.1, -0.05) is 0 Å². The van der Waals surface area contributed by atoms with Crippen molar-refractivity contribution >= 4 is 17.7 Å². The number of hydrogen-bond donors (Lipinski definition) is 2. The van der Waals surface area contributed by atoms with Gasteiger partial charge in [-0.15, -0.1) is 0 Å². The molecule has 130 valence electrons. The highest BCUT2D eigenvalue weighted by atomic mass is 19.1. The molecule has 2 fully saturated rings. The lowest BCUT2D eigenvalue weighted by molar-refractivity contribution is -0.143. The highest BCUT2D eigenvalue weighted by Gasteiger charge is 2.27. The number of aliphatic carboxylic acids is 1. The summed E-state index contributed by atoms with van der Waals surface area (Å²) in [5.41, 5.74) is 0.360. The summed E-state index contributed by atoms with van der Waals surface area (Å²) in [6.07, 6.45) is 3.97. The molecule has 1 aliphatic heterocycles. The second-order valence-electron chi connectivity index (χ2n) is 6.35. The maximum atomic E-state index is 14.0. The summed E-state index contributed by atoms with van der Waals surface area (Å²) in [6, 6.07) is 4.04. The molecule has 0 bridgehead atoms. The Balaban J connectivity index is 1.54. The summed E-state index contributed by atoms with van der Waals surface area (Å²) in [6.45, 7) is 0.766. The number of likely N-dealkylation sites (tertiary alicyclic amines) is 1. The lowest BCUT2D eigenvalue weighted by Crippen LogP contribution is -2.42. The first-order valence-electron chi connectivity index (χ1n) is 8.28. The molecule has 2 aliphatic rings. The van der Waals surface area contributed by atoms with E-state index in [1.165, 1.54) is 12.1 Å². The highest BCUT2D eigenvalue weighted by molar-refractivity contribution is 5.89. The number of ether oxygens (including phenoxy) is 1. The lowest BCUT2D eigenvalue weighted by Gasteiger charge is -2.30. The number of urea groups is 1. The van der Waals surface area contributed by atoms with E-state index < -0.39 is 17.7 Å². The van der Waals surface area contributed by atoms with Gasteiger partial charge in [-0.2, -0.15) is 0 Å². The van der Waals surface area contributed by atoms with Crippen LogP contribution in [0.4, 0.5) is 14.9 Å². The molecule has 1 saturated heterocycles. The van der Waals surface area contributed by atoms with E-state index in [0.717, 1.165) is 19.3 Å². The van der Waals surface area contributed by atoms with E-state index in [4.69, 9.17) is 9.84 Å². The number of benzene rings is 1. The standard InChI is InChI=1S/C17H21FN2O4/c18-14-10-12(4-5-15(14)24-13-2-1-3-13)19-17(23)20-8-6-11(7-9-20)16(21)22/h4-5,10-11,13H,1-3,6-9H2,(H,19,23)(H,21,22). The van der Waals surface area contributed by atoms with Crippen molar-refractivity contribution in [1.82, 2.24) is 4.90 Å². The average Bonchev–Trinajstić information content (AvgIpc) is 2.52. The molecule has 1 aliphatic carbocycles. The summed E-state index contributed by atoms with van der Waals surface area (Å²) in [5, 5.41) is 11.6. The predicted octanol–water partition coefficient (Wildman–Crippen LogP) is 3.09. The molecular formula is C17H21FN2O4. The number of carbonyl (C=O) groups excluding carboxylic acids is 1. The number of hydrogen-bond acceptors (Lipinski definition) is 3. The number of piperidine rings is 1. The molecule has 0 unspecified atom stereocenters. The number of rotatable bonds is 4. The Morgan fingerprint density at radius 1 is 1.21 bits per heavy atom. The van der Waals surface area contributed by atoms with Crippen LogP contribution in [0.1, 0.15) is 32.1 Å². The van der Waals surface area contributed by atoms with Crippen LogP contribution in [0.25, 0.3) is 0 Å². The van der Waals surface area contributed by atoms with Crippen molar-refractivity contribution in [3.8, 4) is 5.75 Å². The van der Waals surface area contributed by atoms with Gasteiger partial charge in [-0.25, -0.2) is 9.18 Å². The monoisotopic (exact) mass is 336 g/mol. The lowest BCUT2D eigenvalue weighted by atomic mass is 9.96. The normalized spacial score (nSPS) is 18.8. The Bertz CT molecular complexity index is 625. The van der Waals surface area contributed by atoms with Crippen LogP contribution >= 0.6 is 0 Å². The van der Waals surface area contributed by atoms with Crippen molar-refractivity contribution in [3.63, 3.8) is 0 Å². The van der Waals surface area contributed by atoms with Crippen molar-refractivity contribution in [2.45, 2.75) is 38.2 Å². The van der Waals surface area contributed by atoms with E-state index in [1.54, 1.807) is 11.0 Å². The number of amides is 2. The van der Waals surface area contributed by atoms with Crippen molar-refractivity contribution in [2.24, 2.45) is 5.92 Å². The van der Waals surface area contributed by atoms with Crippen LogP contribution in [-0.4, -0.2) is 41.2 Å². The van der Waals surface area contributed by atoms with Gasteiger partial charge in [-0.05, 0) is 44.2 Å². The summed E-state index contributed by atoms with van der Waals surface area (Å²) >= 11 is 0. The van der Waals surface area contributed by atoms with Crippen molar-refractivity contribution in [1.29, 1.82) is 0 Å². The van der Waals surface area contributed by atoms with Crippen LogP contribution in [0.3, 0.4) is 0 Å². The third-order valence-corrected chi connectivity index (χ3v) is 4.66. The third kappa shape index (κ3) is 3.77. The number of anilines is 1. The molecule has 1 aromatic carbocycles. The molecule has 0 radical (unpaired) electrons. The fourth-order valence-corrected chi connectivity index (χ4v) is 2.87. The number of carboxylic acid groups (broad SMARTS) is 1. The van der Waals surface area contributed by atoms with Crippen LogP contribution in [0.2, 0.25) is 0 Å². The Kier molecular flexibility index (Phi) is 4.87. The largest absolute Gasteiger partial charge is 0.487 e. The van der Waals surface area contributed by atoms with E-state index in [2.05, 4.69) is 5.32 Å². The SMILES string of the molecule is O=C(O)C1CCN(C(=O)Nc2ccc(OC3CCC3)c(F)c2)CC1. The second kappa shape index (κ2) is 7.07. The molecule has 0 aromatic heterocycles.